The fourth-order valence-corrected chi connectivity index (χ4v) is 14.1. The maximum absolute atomic E-state index is 11.0. The molecule has 0 fully saturated rings. The van der Waals surface area contributed by atoms with Crippen molar-refractivity contribution in [2.24, 2.45) is 61.6 Å². The maximum atomic E-state index is 11.0. The Labute approximate surface area is 587 Å². The van der Waals surface area contributed by atoms with Crippen LogP contribution >= 0.6 is 0 Å². The van der Waals surface area contributed by atoms with Crippen LogP contribution in [-0.2, 0) is 4.79 Å². The smallest absolute Gasteiger partial charge is 0.384 e. The molecule has 0 saturated carbocycles. The molecule has 94 heavy (non-hydrogen) atoms. The van der Waals surface area contributed by atoms with E-state index in [-0.39, 0.29) is 75.4 Å². The number of rotatable bonds is 4. The number of nitriles is 7. The molecule has 5 unspecified atom stereocenters. The van der Waals surface area contributed by atoms with Gasteiger partial charge >= 0.3 is 18.9 Å². The molecule has 7 aliphatic rings. The summed E-state index contributed by atoms with van der Waals surface area (Å²) < 4.78 is 0. The van der Waals surface area contributed by atoms with E-state index in [0.717, 1.165) is 80.9 Å². The maximum Gasteiger partial charge on any atom is 1.00 e. The van der Waals surface area contributed by atoms with Crippen LogP contribution in [0.1, 0.15) is 264 Å². The third-order valence-corrected chi connectivity index (χ3v) is 17.3. The zero-order chi connectivity index (χ0) is 72.5. The van der Waals surface area contributed by atoms with Crippen molar-refractivity contribution in [3.05, 3.63) is 146 Å². The Morgan fingerprint density at radius 2 is 0.851 bits per heavy atom. The fourth-order valence-electron chi connectivity index (χ4n) is 14.1. The average Bonchev–Trinajstić information content (AvgIpc) is 0.803. The van der Waals surface area contributed by atoms with Gasteiger partial charge in [0.25, 0.3) is 0 Å². The molecule has 0 heterocycles. The minimum absolute atomic E-state index is 0. The fraction of sp³-hybridized carbons (Fsp3) is 0.607. The van der Waals surface area contributed by atoms with E-state index in [2.05, 4.69) is 210 Å². The van der Waals surface area contributed by atoms with Crippen molar-refractivity contribution in [2.45, 2.75) is 270 Å². The van der Waals surface area contributed by atoms with Crippen LogP contribution in [0, 0.1) is 147 Å². The van der Waals surface area contributed by atoms with E-state index in [1.165, 1.54) is 67.7 Å². The van der Waals surface area contributed by atoms with Gasteiger partial charge in [0.2, 0.25) is 0 Å². The van der Waals surface area contributed by atoms with Crippen molar-refractivity contribution in [1.29, 1.82) is 36.8 Å². The molecule has 0 aromatic carbocycles. The standard InChI is InChI=1S/C12H19NO.5C12H17N.C9H14O.C3H4N.Li/c1-9-5-11(3,4)8-12(14,6-9)10(2)7-13;5*1-9-5-11(10(2)8-13)7-12(3,4)6-9;1-7-4-8(10)6-9(2,3)5-7;1-2-3-4;/h6,10,14H,5,8H2,1-4H3;2*5H,6-7H2,1-4H3;5,7,10H,6H2,1-4H3;5-6,10H,7H2,1-4H3;5,10H,1,6-7H2,2-4H3;4H,5-6H2,1-3H3;2H,1H3;/q;;;;;;;-1;+1/b;11-10+;11-10-;;;;;;. The molecule has 0 aliphatic heterocycles. The van der Waals surface area contributed by atoms with Gasteiger partial charge in [0.1, 0.15) is 0 Å². The molecule has 506 valence electrons. The van der Waals surface area contributed by atoms with Crippen molar-refractivity contribution < 1.29 is 28.8 Å². The number of ketones is 1. The number of nitrogens with zero attached hydrogens (tertiary/aromatic N) is 7. The molecule has 0 aromatic heterocycles. The van der Waals surface area contributed by atoms with Gasteiger partial charge in [-0.1, -0.05) is 202 Å². The van der Waals surface area contributed by atoms with Crippen LogP contribution in [0.15, 0.2) is 139 Å². The normalized spacial score (nSPS) is 24.0. The van der Waals surface area contributed by atoms with Crippen molar-refractivity contribution in [2.75, 3.05) is 0 Å². The van der Waals surface area contributed by atoms with Crippen LogP contribution in [0.3, 0.4) is 0 Å². The minimum Gasteiger partial charge on any atom is -0.384 e. The van der Waals surface area contributed by atoms with E-state index in [1.807, 2.05) is 54.5 Å². The predicted octanol–water partition coefficient (Wildman–Crippen LogP) is 20.2. The predicted molar refractivity (Wildman–Crippen MR) is 389 cm³/mol. The summed E-state index contributed by atoms with van der Waals surface area (Å²) >= 11 is 0. The summed E-state index contributed by atoms with van der Waals surface area (Å²) in [6.45, 7) is 60.7. The summed E-state index contributed by atoms with van der Waals surface area (Å²) in [5.41, 5.74) is 17.6. The first kappa shape index (κ1) is 89.5. The molecule has 0 aromatic rings. The van der Waals surface area contributed by atoms with Gasteiger partial charge in [0, 0.05) is 17.6 Å². The SMILES string of the molecule is C=C1C=C(C(C)C#N)CC(C)(C)C1.CC1=C/C(=C(/C)C#N)CC(C)(C)C1.CC1=C/C(=C(\C)C#N)CC(C)(C)C1.CC1=CC(=O)CC(C)(C)C1.CC1=CC(C(C)C#N)=CC(C)(C)C1.CC1=CC(C)(C)CC(C(C)C#N)=C1.CC1=CC(O)(C(C)C#N)CC(C)(C)C1.C[CH-]C#N.[Li+]. The molecule has 7 aliphatic carbocycles. The van der Waals surface area contributed by atoms with E-state index < -0.39 is 5.60 Å². The average molecular weight is 1270 g/mol. The largest absolute Gasteiger partial charge is 1.00 e. The number of aliphatic hydroxyl groups is 1. The summed E-state index contributed by atoms with van der Waals surface area (Å²) in [4.78, 5) is 11.0. The topological polar surface area (TPSA) is 204 Å². The third-order valence-electron chi connectivity index (χ3n) is 17.3. The van der Waals surface area contributed by atoms with E-state index in [9.17, 15) is 9.90 Å². The summed E-state index contributed by atoms with van der Waals surface area (Å²) in [5, 5.41) is 70.9. The zero-order valence-corrected chi connectivity index (χ0v) is 64.3. The summed E-state index contributed by atoms with van der Waals surface area (Å²) in [5.74, 6) is 0.0690. The first-order valence-corrected chi connectivity index (χ1v) is 33.5. The molecule has 9 nitrogen and oxygen atoms in total. The third kappa shape index (κ3) is 34.7. The Hall–Kier alpha value is -6.59. The van der Waals surface area contributed by atoms with Crippen molar-refractivity contribution in [1.82, 2.24) is 0 Å². The van der Waals surface area contributed by atoms with Gasteiger partial charge in [-0.05, 0) is 214 Å². The van der Waals surface area contributed by atoms with E-state index in [4.69, 9.17) is 36.8 Å². The van der Waals surface area contributed by atoms with Gasteiger partial charge in [0.05, 0.1) is 65.7 Å². The Bertz CT molecular complexity index is 3240. The van der Waals surface area contributed by atoms with E-state index in [1.54, 1.807) is 26.0 Å². The van der Waals surface area contributed by atoms with Crippen molar-refractivity contribution >= 4 is 5.78 Å². The molecule has 5 atom stereocenters. The van der Waals surface area contributed by atoms with Crippen LogP contribution in [0.5, 0.6) is 0 Å². The number of carbonyl (C=O) groups excluding carboxylic acids is 1. The van der Waals surface area contributed by atoms with Gasteiger partial charge in [-0.2, -0.15) is 38.5 Å². The number of hydrogen-bond donors (Lipinski definition) is 1. The quantitative estimate of drug-likeness (QED) is 0.123. The van der Waals surface area contributed by atoms with Gasteiger partial charge in [-0.15, -0.1) is 6.07 Å². The van der Waals surface area contributed by atoms with Crippen LogP contribution in [-0.4, -0.2) is 16.5 Å². The summed E-state index contributed by atoms with van der Waals surface area (Å²) in [7, 11) is 0. The van der Waals surface area contributed by atoms with E-state index in [0.29, 0.717) is 23.7 Å². The van der Waals surface area contributed by atoms with Gasteiger partial charge in [-0.25, -0.2) is 5.26 Å². The second-order valence-electron chi connectivity index (χ2n) is 33.3. The van der Waals surface area contributed by atoms with Gasteiger partial charge in [0.15, 0.2) is 5.78 Å². The Kier molecular flexibility index (Phi) is 37.0. The molecule has 0 amide bonds. The molecule has 0 spiro atoms. The molecular formula is C84H122LiN7O2. The Morgan fingerprint density at radius 3 is 1.19 bits per heavy atom. The monoisotopic (exact) mass is 1270 g/mol. The number of carbonyl (C=O) groups is 1. The summed E-state index contributed by atoms with van der Waals surface area (Å²) in [6, 6.07) is 15.3. The molecule has 1 N–H and O–H groups in total. The Balaban J connectivity index is 0. The van der Waals surface area contributed by atoms with Crippen molar-refractivity contribution in [3.63, 3.8) is 0 Å². The van der Waals surface area contributed by atoms with Crippen LogP contribution in [0.2, 0.25) is 0 Å². The second-order valence-corrected chi connectivity index (χ2v) is 33.3. The Morgan fingerprint density at radius 1 is 0.468 bits per heavy atom. The number of allylic oxidation sites excluding steroid dienone is 22. The molecule has 0 saturated heterocycles. The molecule has 7 rings (SSSR count). The van der Waals surface area contributed by atoms with Gasteiger partial charge in [-0.3, -0.25) is 11.2 Å². The second kappa shape index (κ2) is 38.8. The molecule has 0 radical (unpaired) electrons. The number of hydrogen-bond acceptors (Lipinski definition) is 9. The van der Waals surface area contributed by atoms with Crippen LogP contribution in [0.4, 0.5) is 0 Å². The molecular weight excluding hydrogens is 1150 g/mol. The molecule has 10 heteroatoms. The summed E-state index contributed by atoms with van der Waals surface area (Å²) in [6.07, 6.45) is 32.3. The van der Waals surface area contributed by atoms with E-state index >= 15 is 0 Å². The van der Waals surface area contributed by atoms with Crippen molar-refractivity contribution in [3.8, 4) is 42.5 Å². The minimum atomic E-state index is -0.930. The molecule has 0 bridgehead atoms. The zero-order valence-electron chi connectivity index (χ0n) is 64.3. The van der Waals surface area contributed by atoms with Gasteiger partial charge < -0.3 is 5.11 Å². The van der Waals surface area contributed by atoms with Crippen LogP contribution < -0.4 is 18.9 Å². The van der Waals surface area contributed by atoms with Crippen LogP contribution in [0.25, 0.3) is 0 Å². The first-order valence-electron chi connectivity index (χ1n) is 33.5. The first-order chi connectivity index (χ1) is 42.4.